The zero-order chi connectivity index (χ0) is 9.24. The van der Waals surface area contributed by atoms with Gasteiger partial charge in [-0.05, 0) is 13.3 Å². The summed E-state index contributed by atoms with van der Waals surface area (Å²) < 4.78 is 27.8. The van der Waals surface area contributed by atoms with Gasteiger partial charge in [-0.3, -0.25) is 0 Å². The lowest BCUT2D eigenvalue weighted by molar-refractivity contribution is 0.383. The van der Waals surface area contributed by atoms with Crippen LogP contribution in [0.5, 0.6) is 0 Å². The van der Waals surface area contributed by atoms with Crippen molar-refractivity contribution in [2.24, 2.45) is 0 Å². The quantitative estimate of drug-likeness (QED) is 0.490. The lowest BCUT2D eigenvalue weighted by Crippen LogP contribution is -2.23. The molecule has 1 atom stereocenters. The van der Waals surface area contributed by atoms with Crippen LogP contribution in [0.1, 0.15) is 33.1 Å². The van der Waals surface area contributed by atoms with Crippen LogP contribution in [0.3, 0.4) is 0 Å². The smallest absolute Gasteiger partial charge is 0.189 e. The number of hydrogen-bond donors (Lipinski definition) is 0. The molecule has 0 aromatic carbocycles. The fourth-order valence-electron chi connectivity index (χ4n) is 1.04. The standard InChI is InChI=1S/C8H16O3S.H2O/c1-3-4-5-6-12(9,10)8(2)7-11-8;/h3-7H2,1-2H3;1H2. The molecule has 13 heavy (non-hydrogen) atoms. The van der Waals surface area contributed by atoms with Crippen LogP contribution >= 0.6 is 0 Å². The number of ether oxygens (including phenoxy) is 1. The molecule has 1 heterocycles. The Morgan fingerprint density at radius 1 is 1.38 bits per heavy atom. The average Bonchev–Trinajstić information content (AvgIpc) is 2.70. The van der Waals surface area contributed by atoms with Crippen LogP contribution in [0.25, 0.3) is 0 Å². The SMILES string of the molecule is CCCCCS(=O)(=O)C1(C)CO1.O. The zero-order valence-corrected chi connectivity index (χ0v) is 8.99. The molecule has 0 aromatic rings. The number of sulfone groups is 1. The maximum Gasteiger partial charge on any atom is 0.189 e. The van der Waals surface area contributed by atoms with Crippen LogP contribution in [0, 0.1) is 0 Å². The Hall–Kier alpha value is -0.130. The zero-order valence-electron chi connectivity index (χ0n) is 8.17. The first kappa shape index (κ1) is 12.9. The highest BCUT2D eigenvalue weighted by atomic mass is 32.2. The summed E-state index contributed by atoms with van der Waals surface area (Å²) in [5.41, 5.74) is 0. The molecule has 0 aliphatic carbocycles. The van der Waals surface area contributed by atoms with Gasteiger partial charge in [-0.2, -0.15) is 0 Å². The molecular weight excluding hydrogens is 192 g/mol. The minimum atomic E-state index is -2.98. The Kier molecular flexibility index (Phi) is 4.35. The van der Waals surface area contributed by atoms with Crippen molar-refractivity contribution in [2.75, 3.05) is 12.4 Å². The van der Waals surface area contributed by atoms with Gasteiger partial charge in [0, 0.05) is 0 Å². The summed E-state index contributed by atoms with van der Waals surface area (Å²) in [4.78, 5) is -0.833. The van der Waals surface area contributed by atoms with Crippen LogP contribution in [0.4, 0.5) is 0 Å². The van der Waals surface area contributed by atoms with E-state index >= 15 is 0 Å². The summed E-state index contributed by atoms with van der Waals surface area (Å²) in [5, 5.41) is 0. The molecule has 1 fully saturated rings. The van der Waals surface area contributed by atoms with Crippen LogP contribution in [0.2, 0.25) is 0 Å². The molecule has 1 saturated heterocycles. The molecule has 0 aromatic heterocycles. The van der Waals surface area contributed by atoms with Gasteiger partial charge in [-0.25, -0.2) is 8.42 Å². The highest BCUT2D eigenvalue weighted by molar-refractivity contribution is 7.92. The predicted octanol–water partition coefficient (Wildman–Crippen LogP) is 0.513. The molecule has 2 N–H and O–H groups in total. The molecular formula is C8H18O4S. The van der Waals surface area contributed by atoms with E-state index in [1.165, 1.54) is 0 Å². The van der Waals surface area contributed by atoms with Gasteiger partial charge >= 0.3 is 0 Å². The molecule has 0 spiro atoms. The highest BCUT2D eigenvalue weighted by Gasteiger charge is 2.51. The third-order valence-electron chi connectivity index (χ3n) is 2.23. The van der Waals surface area contributed by atoms with Crippen molar-refractivity contribution < 1.29 is 18.6 Å². The van der Waals surface area contributed by atoms with Crippen molar-refractivity contribution in [1.82, 2.24) is 0 Å². The summed E-state index contributed by atoms with van der Waals surface area (Å²) in [7, 11) is -2.98. The van der Waals surface area contributed by atoms with E-state index < -0.39 is 14.8 Å². The van der Waals surface area contributed by atoms with Crippen LogP contribution in [0.15, 0.2) is 0 Å². The Morgan fingerprint density at radius 2 is 1.92 bits per heavy atom. The lowest BCUT2D eigenvalue weighted by Gasteiger charge is -2.06. The molecule has 0 saturated carbocycles. The summed E-state index contributed by atoms with van der Waals surface area (Å²) in [6.07, 6.45) is 2.79. The van der Waals surface area contributed by atoms with Gasteiger partial charge < -0.3 is 10.2 Å². The average molecular weight is 210 g/mol. The van der Waals surface area contributed by atoms with E-state index in [0.29, 0.717) is 6.61 Å². The van der Waals surface area contributed by atoms with Gasteiger partial charge in [0.05, 0.1) is 12.4 Å². The van der Waals surface area contributed by atoms with Gasteiger partial charge in [-0.1, -0.05) is 19.8 Å². The van der Waals surface area contributed by atoms with Crippen molar-refractivity contribution in [3.05, 3.63) is 0 Å². The van der Waals surface area contributed by atoms with E-state index in [0.717, 1.165) is 19.3 Å². The number of hydrogen-bond acceptors (Lipinski definition) is 3. The number of epoxide rings is 1. The fourth-order valence-corrected chi connectivity index (χ4v) is 2.47. The summed E-state index contributed by atoms with van der Waals surface area (Å²) >= 11 is 0. The molecule has 1 unspecified atom stereocenters. The van der Waals surface area contributed by atoms with Gasteiger partial charge in [0.1, 0.15) is 0 Å². The minimum Gasteiger partial charge on any atom is -0.412 e. The fraction of sp³-hybridized carbons (Fsp3) is 1.00. The normalized spacial score (nSPS) is 26.6. The first-order valence-corrected chi connectivity index (χ1v) is 6.03. The highest BCUT2D eigenvalue weighted by Crippen LogP contribution is 2.33. The van der Waals surface area contributed by atoms with Crippen LogP contribution < -0.4 is 0 Å². The topological polar surface area (TPSA) is 78.2 Å². The Balaban J connectivity index is 0.00000144. The molecule has 1 rings (SSSR count). The molecule has 0 radical (unpaired) electrons. The molecule has 1 aliphatic rings. The largest absolute Gasteiger partial charge is 0.412 e. The van der Waals surface area contributed by atoms with Crippen molar-refractivity contribution in [3.63, 3.8) is 0 Å². The first-order valence-electron chi connectivity index (χ1n) is 4.38. The van der Waals surface area contributed by atoms with Crippen molar-refractivity contribution in [2.45, 2.75) is 38.0 Å². The van der Waals surface area contributed by atoms with Crippen molar-refractivity contribution in [3.8, 4) is 0 Å². The van der Waals surface area contributed by atoms with E-state index in [1.807, 2.05) is 0 Å². The summed E-state index contributed by atoms with van der Waals surface area (Å²) in [5.74, 6) is 0.275. The second kappa shape index (κ2) is 4.39. The van der Waals surface area contributed by atoms with E-state index in [4.69, 9.17) is 4.74 Å². The van der Waals surface area contributed by atoms with Crippen molar-refractivity contribution in [1.29, 1.82) is 0 Å². The van der Waals surface area contributed by atoms with Gasteiger partial charge in [0.2, 0.25) is 0 Å². The Bertz CT molecular complexity index is 241. The number of rotatable bonds is 5. The second-order valence-electron chi connectivity index (χ2n) is 3.45. The second-order valence-corrected chi connectivity index (χ2v) is 5.95. The molecule has 5 heteroatoms. The predicted molar refractivity (Wildman–Crippen MR) is 51.3 cm³/mol. The van der Waals surface area contributed by atoms with E-state index in [9.17, 15) is 8.42 Å². The van der Waals surface area contributed by atoms with E-state index in [1.54, 1.807) is 6.92 Å². The van der Waals surface area contributed by atoms with Gasteiger partial charge in [0.15, 0.2) is 14.8 Å². The summed E-state index contributed by atoms with van der Waals surface area (Å²) in [6, 6.07) is 0. The van der Waals surface area contributed by atoms with Gasteiger partial charge in [-0.15, -0.1) is 0 Å². The third-order valence-corrected chi connectivity index (χ3v) is 4.60. The summed E-state index contributed by atoms with van der Waals surface area (Å²) in [6.45, 7) is 4.08. The number of unbranched alkanes of at least 4 members (excludes halogenated alkanes) is 2. The van der Waals surface area contributed by atoms with E-state index in [-0.39, 0.29) is 11.2 Å². The van der Waals surface area contributed by atoms with Crippen LogP contribution in [-0.2, 0) is 14.6 Å². The molecule has 0 amide bonds. The minimum absolute atomic E-state index is 0. The molecule has 80 valence electrons. The monoisotopic (exact) mass is 210 g/mol. The van der Waals surface area contributed by atoms with Gasteiger partial charge in [0.25, 0.3) is 0 Å². The third kappa shape index (κ3) is 2.93. The van der Waals surface area contributed by atoms with Crippen molar-refractivity contribution >= 4 is 9.84 Å². The maximum absolute atomic E-state index is 11.5. The molecule has 0 bridgehead atoms. The lowest BCUT2D eigenvalue weighted by atomic mass is 10.3. The van der Waals surface area contributed by atoms with Crippen LogP contribution in [-0.4, -0.2) is 31.2 Å². The molecule has 4 nitrogen and oxygen atoms in total. The van der Waals surface area contributed by atoms with E-state index in [2.05, 4.69) is 6.92 Å². The Morgan fingerprint density at radius 3 is 2.31 bits per heavy atom. The molecule has 1 aliphatic heterocycles. The first-order chi connectivity index (χ1) is 5.52. The Labute approximate surface area is 79.5 Å². The maximum atomic E-state index is 11.5.